The van der Waals surface area contributed by atoms with Crippen molar-refractivity contribution in [1.29, 1.82) is 0 Å². The molecule has 1 heterocycles. The fraction of sp³-hybridized carbons (Fsp3) is 0.463. The van der Waals surface area contributed by atoms with Crippen LogP contribution in [0.25, 0.3) is 6.08 Å². The van der Waals surface area contributed by atoms with Crippen molar-refractivity contribution in [2.24, 2.45) is 11.7 Å². The van der Waals surface area contributed by atoms with E-state index in [0.29, 0.717) is 11.1 Å². The number of esters is 1. The molecule has 21 heteroatoms. The number of nitrogens with two attached hydrogens (primary N) is 1. The Bertz CT molecular complexity index is 2500. The van der Waals surface area contributed by atoms with Crippen LogP contribution in [0.3, 0.4) is 0 Å². The maximum absolute atomic E-state index is 15.0. The molecule has 1 fully saturated rings. The second-order valence-electron chi connectivity index (χ2n) is 19.0. The average Bonchev–Trinajstić information content (AvgIpc) is 3.36. The summed E-state index contributed by atoms with van der Waals surface area (Å²) in [5, 5.41) is 46.2. The van der Waals surface area contributed by atoms with E-state index in [1.54, 1.807) is 44.2 Å². The number of aromatic hydroxyl groups is 1. The van der Waals surface area contributed by atoms with Gasteiger partial charge in [-0.1, -0.05) is 100 Å². The molecule has 0 radical (unpaired) electrons. The quantitative estimate of drug-likeness (QED) is 0.0512. The molecule has 1 aliphatic rings. The van der Waals surface area contributed by atoms with Crippen molar-refractivity contribution >= 4 is 59.3 Å². The van der Waals surface area contributed by atoms with Crippen LogP contribution in [0.15, 0.2) is 84.6 Å². The van der Waals surface area contributed by atoms with E-state index in [1.807, 2.05) is 24.3 Å². The first-order valence-electron chi connectivity index (χ1n) is 25.1. The van der Waals surface area contributed by atoms with Crippen molar-refractivity contribution in [1.82, 2.24) is 36.8 Å². The van der Waals surface area contributed by atoms with Gasteiger partial charge in [-0.2, -0.15) is 0 Å². The Morgan fingerprint density at radius 1 is 0.760 bits per heavy atom. The number of nitrogens with zero attached hydrogens (tertiary/aromatic N) is 1. The van der Waals surface area contributed by atoms with Crippen LogP contribution in [0.2, 0.25) is 0 Å². The molecule has 1 aliphatic heterocycles. The molecule has 0 aromatic heterocycles. The van der Waals surface area contributed by atoms with Crippen LogP contribution in [-0.2, 0) is 67.2 Å². The molecule has 1 unspecified atom stereocenters. The number of likely N-dealkylation sites (N-methyl/N-ethyl adjacent to an activating group) is 1. The SMILES string of the molecule is CCCCCc1ccccc1CCC(=O)N[C@@H]1C(=O)N(C)/C(=C/c2ccc(O)cc2)C(=O)NC(CC(C)C)C(=O)N[C@H](Cc2ccccc2)C(=O)N[C@@H]([C@H](C)O)C(=O)N[C@@H](CC(N)=O)C(=O)N[C@@H](CO)C(=O)O[C@@H]1C. The van der Waals surface area contributed by atoms with E-state index in [-0.39, 0.29) is 37.4 Å². The van der Waals surface area contributed by atoms with Gasteiger partial charge in [-0.3, -0.25) is 38.4 Å². The number of cyclic esters (lactones) is 1. The highest BCUT2D eigenvalue weighted by atomic mass is 16.5. The molecular weight excluding hydrogens is 969 g/mol. The van der Waals surface area contributed by atoms with E-state index in [4.69, 9.17) is 10.5 Å². The number of ether oxygens (including phenoxy) is 1. The Balaban J connectivity index is 1.87. The molecule has 4 rings (SSSR count). The van der Waals surface area contributed by atoms with Crippen molar-refractivity contribution < 1.29 is 63.2 Å². The molecule has 0 saturated carbocycles. The summed E-state index contributed by atoms with van der Waals surface area (Å²) in [4.78, 5) is 127. The second-order valence-corrected chi connectivity index (χ2v) is 19.0. The number of unbranched alkanes of at least 4 members (excludes halogenated alkanes) is 2. The number of benzene rings is 3. The van der Waals surface area contributed by atoms with E-state index in [1.165, 1.54) is 44.3 Å². The van der Waals surface area contributed by atoms with Crippen LogP contribution in [-0.4, -0.2) is 136 Å². The van der Waals surface area contributed by atoms with Gasteiger partial charge >= 0.3 is 5.97 Å². The highest BCUT2D eigenvalue weighted by molar-refractivity contribution is 6.05. The van der Waals surface area contributed by atoms with Gasteiger partial charge in [0.1, 0.15) is 47.8 Å². The molecule has 0 spiro atoms. The first kappa shape index (κ1) is 59.9. The van der Waals surface area contributed by atoms with Crippen LogP contribution in [0.1, 0.15) is 95.4 Å². The number of nitrogens with one attached hydrogen (secondary N) is 6. The zero-order valence-corrected chi connectivity index (χ0v) is 43.3. The highest BCUT2D eigenvalue weighted by Gasteiger charge is 2.39. The van der Waals surface area contributed by atoms with Gasteiger partial charge in [-0.25, -0.2) is 4.79 Å². The van der Waals surface area contributed by atoms with Crippen molar-refractivity contribution in [2.45, 2.75) is 141 Å². The Morgan fingerprint density at radius 3 is 1.95 bits per heavy atom. The van der Waals surface area contributed by atoms with Gasteiger partial charge < -0.3 is 62.6 Å². The summed E-state index contributed by atoms with van der Waals surface area (Å²) in [6.45, 7) is 6.94. The number of amides is 8. The van der Waals surface area contributed by atoms with Crippen LogP contribution >= 0.6 is 0 Å². The standard InChI is InChI=1S/C54H72N8O13/c1-7-8-10-17-36-18-13-14-19-37(36)22-25-45(67)60-47-33(5)75-54(74)42(30-63)59-49(69)41(29-44(55)66)58-52(72)46(32(4)64)61-50(70)40(27-34-15-11-9-12-16-34)56-48(68)39(26-31(2)3)57-51(71)43(62(6)53(47)73)28-35-20-23-38(65)24-21-35/h9,11-16,18-21,23-24,28,31-33,39-42,46-47,63-65H,7-8,10,17,22,25-27,29-30H2,1-6H3,(H2,55,66)(H,56,68)(H,57,71)(H,58,72)(H,59,69)(H,60,67)(H,61,70)/b43-28+/t32-,33+,39?,40+,41-,42-,46-,47-/m0/s1. The van der Waals surface area contributed by atoms with Crippen LogP contribution in [0, 0.1) is 5.92 Å². The number of primary amides is 1. The third-order valence-electron chi connectivity index (χ3n) is 12.4. The molecule has 1 saturated heterocycles. The van der Waals surface area contributed by atoms with Gasteiger partial charge in [0.15, 0.2) is 6.04 Å². The van der Waals surface area contributed by atoms with Crippen LogP contribution in [0.4, 0.5) is 0 Å². The molecule has 75 heavy (non-hydrogen) atoms. The molecule has 8 amide bonds. The Morgan fingerprint density at radius 2 is 1.35 bits per heavy atom. The number of phenolic OH excluding ortho intramolecular Hbond substituents is 1. The van der Waals surface area contributed by atoms with Crippen molar-refractivity contribution in [3.8, 4) is 5.75 Å². The van der Waals surface area contributed by atoms with Gasteiger partial charge in [0.25, 0.3) is 11.8 Å². The minimum absolute atomic E-state index is 0.0111. The van der Waals surface area contributed by atoms with Gasteiger partial charge in [0.2, 0.25) is 35.4 Å². The van der Waals surface area contributed by atoms with Crippen molar-refractivity contribution in [2.75, 3.05) is 13.7 Å². The molecule has 406 valence electrons. The zero-order valence-electron chi connectivity index (χ0n) is 43.3. The molecule has 21 nitrogen and oxygen atoms in total. The van der Waals surface area contributed by atoms with E-state index in [9.17, 15) is 58.5 Å². The summed E-state index contributed by atoms with van der Waals surface area (Å²) in [6.07, 6.45) is 0.863. The molecule has 11 N–H and O–H groups in total. The number of aryl methyl sites for hydroxylation is 2. The zero-order chi connectivity index (χ0) is 55.4. The lowest BCUT2D eigenvalue weighted by Crippen LogP contribution is -2.62. The number of carbonyl (C=O) groups excluding carboxylic acids is 9. The number of phenols is 1. The maximum atomic E-state index is 15.0. The van der Waals surface area contributed by atoms with E-state index >= 15 is 0 Å². The molecule has 0 aliphatic carbocycles. The number of hydrogen-bond acceptors (Lipinski definition) is 13. The number of rotatable bonds is 17. The number of aliphatic hydroxyl groups excluding tert-OH is 2. The number of aliphatic hydroxyl groups is 2. The van der Waals surface area contributed by atoms with Gasteiger partial charge in [-0.15, -0.1) is 0 Å². The first-order chi connectivity index (χ1) is 35.6. The summed E-state index contributed by atoms with van der Waals surface area (Å²) >= 11 is 0. The predicted octanol–water partition coefficient (Wildman–Crippen LogP) is 0.948. The fourth-order valence-corrected chi connectivity index (χ4v) is 8.24. The minimum Gasteiger partial charge on any atom is -0.508 e. The topological polar surface area (TPSA) is 325 Å². The third-order valence-corrected chi connectivity index (χ3v) is 12.4. The van der Waals surface area contributed by atoms with E-state index in [0.717, 1.165) is 48.6 Å². The molecule has 8 atom stereocenters. The summed E-state index contributed by atoms with van der Waals surface area (Å²) in [7, 11) is 1.22. The Kier molecular flexibility index (Phi) is 23.4. The lowest BCUT2D eigenvalue weighted by molar-refractivity contribution is -0.158. The summed E-state index contributed by atoms with van der Waals surface area (Å²) in [5.74, 6) is -9.73. The predicted molar refractivity (Wildman–Crippen MR) is 276 cm³/mol. The van der Waals surface area contributed by atoms with E-state index < -0.39 is 120 Å². The maximum Gasteiger partial charge on any atom is 0.331 e. The smallest absolute Gasteiger partial charge is 0.331 e. The van der Waals surface area contributed by atoms with Gasteiger partial charge in [0, 0.05) is 19.9 Å². The van der Waals surface area contributed by atoms with Gasteiger partial charge in [-0.05, 0) is 85.9 Å². The lowest BCUT2D eigenvalue weighted by atomic mass is 9.98. The second kappa shape index (κ2) is 29.3. The largest absolute Gasteiger partial charge is 0.508 e. The Hall–Kier alpha value is -7.65. The Labute approximate surface area is 436 Å². The van der Waals surface area contributed by atoms with E-state index in [2.05, 4.69) is 38.8 Å². The molecule has 3 aromatic rings. The third kappa shape index (κ3) is 18.7. The molecule has 3 aromatic carbocycles. The fourth-order valence-electron chi connectivity index (χ4n) is 8.24. The summed E-state index contributed by atoms with van der Waals surface area (Å²) in [5.41, 5.74) is 7.87. The summed E-state index contributed by atoms with van der Waals surface area (Å²) in [6, 6.07) is 11.4. The van der Waals surface area contributed by atoms with Crippen molar-refractivity contribution in [3.05, 3.63) is 107 Å². The van der Waals surface area contributed by atoms with Gasteiger partial charge in [0.05, 0.1) is 19.1 Å². The number of carbonyl (C=O) groups is 9. The molecular formula is C54H72N8O13. The first-order valence-corrected chi connectivity index (χ1v) is 25.1. The van der Waals surface area contributed by atoms with Crippen LogP contribution in [0.5, 0.6) is 5.75 Å². The van der Waals surface area contributed by atoms with Crippen molar-refractivity contribution in [3.63, 3.8) is 0 Å². The monoisotopic (exact) mass is 1040 g/mol. The number of hydrogen-bond donors (Lipinski definition) is 10. The lowest BCUT2D eigenvalue weighted by Gasteiger charge is -2.31. The summed E-state index contributed by atoms with van der Waals surface area (Å²) < 4.78 is 5.67. The minimum atomic E-state index is -1.92. The molecule has 0 bridgehead atoms. The highest BCUT2D eigenvalue weighted by Crippen LogP contribution is 2.20. The average molecular weight is 1040 g/mol. The normalized spacial score (nSPS) is 22.8. The van der Waals surface area contributed by atoms with Crippen LogP contribution < -0.4 is 37.6 Å².